The van der Waals surface area contributed by atoms with Gasteiger partial charge in [-0.25, -0.2) is 0 Å². The second kappa shape index (κ2) is 8.64. The maximum atomic E-state index is 6.62. The highest BCUT2D eigenvalue weighted by atomic mass is 16.5. The van der Waals surface area contributed by atoms with E-state index in [1.165, 1.54) is 38.4 Å². The van der Waals surface area contributed by atoms with Gasteiger partial charge in [0, 0.05) is 28.7 Å². The van der Waals surface area contributed by atoms with Gasteiger partial charge in [-0.05, 0) is 53.3 Å². The Bertz CT molecular complexity index is 2240. The summed E-state index contributed by atoms with van der Waals surface area (Å²) in [6.45, 7) is 2.25. The van der Waals surface area contributed by atoms with Gasteiger partial charge in [0.05, 0.1) is 18.5 Å². The van der Waals surface area contributed by atoms with Crippen LogP contribution in [0.4, 0.5) is 0 Å². The Labute approximate surface area is 244 Å². The summed E-state index contributed by atoms with van der Waals surface area (Å²) in [5.74, 6) is 1.49. The van der Waals surface area contributed by atoms with E-state index in [1.54, 1.807) is 0 Å². The largest absolute Gasteiger partial charge is 0.381 e. The number of aromatic nitrogens is 3. The van der Waals surface area contributed by atoms with Crippen LogP contribution in [0.3, 0.4) is 0 Å². The zero-order valence-electron chi connectivity index (χ0n) is 23.5. The van der Waals surface area contributed by atoms with Crippen molar-refractivity contribution in [2.24, 2.45) is 12.0 Å². The molecule has 2 bridgehead atoms. The van der Waals surface area contributed by atoms with Crippen LogP contribution in [0.1, 0.15) is 18.9 Å². The molecule has 9 rings (SSSR count). The molecule has 0 spiro atoms. The summed E-state index contributed by atoms with van der Waals surface area (Å²) in [6.07, 6.45) is 9.56. The summed E-state index contributed by atoms with van der Waals surface area (Å²) in [5, 5.41) is 2.40. The Balaban J connectivity index is 1.50. The molecule has 0 aliphatic carbocycles. The van der Waals surface area contributed by atoms with Gasteiger partial charge >= 0.3 is 5.88 Å². The summed E-state index contributed by atoms with van der Waals surface area (Å²) < 4.78 is 13.3. The molecule has 0 N–H and O–H groups in total. The molecule has 0 saturated carbocycles. The lowest BCUT2D eigenvalue weighted by Crippen LogP contribution is -2.49. The zero-order chi connectivity index (χ0) is 27.9. The first-order valence-corrected chi connectivity index (χ1v) is 14.6. The molecule has 0 saturated heterocycles. The molecule has 0 fully saturated rings. The molecule has 6 aromatic rings. The summed E-state index contributed by atoms with van der Waals surface area (Å²) in [5.41, 5.74) is 11.8. The molecule has 0 radical (unpaired) electrons. The van der Waals surface area contributed by atoms with Crippen molar-refractivity contribution >= 4 is 57.1 Å². The van der Waals surface area contributed by atoms with E-state index in [2.05, 4.69) is 119 Å². The topological polar surface area (TPSA) is 34.3 Å². The van der Waals surface area contributed by atoms with Gasteiger partial charge in [0.25, 0.3) is 18.2 Å². The molecule has 3 aromatic carbocycles. The smallest absolute Gasteiger partial charge is 0.367 e. The lowest BCUT2D eigenvalue weighted by atomic mass is 9.38. The van der Waals surface area contributed by atoms with Crippen LogP contribution in [0, 0.1) is 0 Å². The Kier molecular flexibility index (Phi) is 4.83. The zero-order valence-corrected chi connectivity index (χ0v) is 23.5. The number of nitrogens with zero attached hydrogens (tertiary/aromatic N) is 4. The molecule has 0 unspecified atom stereocenters. The van der Waals surface area contributed by atoms with Crippen LogP contribution in [-0.2, 0) is 7.05 Å². The number of benzene rings is 3. The van der Waals surface area contributed by atoms with Crippen molar-refractivity contribution in [3.8, 4) is 28.6 Å². The van der Waals surface area contributed by atoms with Gasteiger partial charge in [0.2, 0.25) is 6.20 Å². The lowest BCUT2D eigenvalue weighted by Gasteiger charge is -2.22. The Morgan fingerprint density at radius 3 is 2.64 bits per heavy atom. The predicted molar refractivity (Wildman–Crippen MR) is 170 cm³/mol. The summed E-state index contributed by atoms with van der Waals surface area (Å²) >= 11 is 0. The van der Waals surface area contributed by atoms with E-state index in [4.69, 9.17) is 9.73 Å². The highest BCUT2D eigenvalue weighted by Gasteiger charge is 2.43. The molecule has 42 heavy (non-hydrogen) atoms. The number of fused-ring (bicyclic) bond motifs is 9. The fourth-order valence-corrected chi connectivity index (χ4v) is 7.12. The molecule has 198 valence electrons. The molecule has 0 atom stereocenters. The Hall–Kier alpha value is -5.23. The molecule has 3 aliphatic rings. The lowest BCUT2D eigenvalue weighted by molar-refractivity contribution is -0.657. The third-order valence-corrected chi connectivity index (χ3v) is 8.89. The minimum atomic E-state index is 0.0742. The van der Waals surface area contributed by atoms with Gasteiger partial charge in [-0.3, -0.25) is 4.99 Å². The second-order valence-corrected chi connectivity index (χ2v) is 11.2. The fourth-order valence-electron chi connectivity index (χ4n) is 7.12. The van der Waals surface area contributed by atoms with Gasteiger partial charge in [0.1, 0.15) is 16.9 Å². The van der Waals surface area contributed by atoms with Crippen molar-refractivity contribution in [2.75, 3.05) is 0 Å². The minimum Gasteiger partial charge on any atom is -0.367 e. The number of rotatable bonds is 2. The normalized spacial score (nSPS) is 14.4. The minimum absolute atomic E-state index is 0.0742. The van der Waals surface area contributed by atoms with Gasteiger partial charge in [-0.15, -0.1) is 4.57 Å². The quantitative estimate of drug-likeness (QED) is 0.210. The SMILES string of the molecule is CCC=CC1=NC2=C[n+]3ccccc3Oc3ccc4c5ccccc5n(c4[n+]3C)-c3ccc4c(c32)B1c1ccccc1-4. The van der Waals surface area contributed by atoms with Gasteiger partial charge in [-0.2, -0.15) is 9.13 Å². The van der Waals surface area contributed by atoms with Gasteiger partial charge in [-0.1, -0.05) is 67.0 Å². The number of hydrogen-bond donors (Lipinski definition) is 0. The first-order chi connectivity index (χ1) is 20.7. The van der Waals surface area contributed by atoms with E-state index in [-0.39, 0.29) is 6.71 Å². The number of allylic oxidation sites excluding steroid dienone is 2. The number of pyridine rings is 2. The van der Waals surface area contributed by atoms with Crippen LogP contribution >= 0.6 is 0 Å². The number of hydrogen-bond acceptors (Lipinski definition) is 2. The van der Waals surface area contributed by atoms with Crippen LogP contribution in [0.15, 0.2) is 114 Å². The molecule has 3 aliphatic heterocycles. The molecule has 0 amide bonds. The summed E-state index contributed by atoms with van der Waals surface area (Å²) in [7, 11) is 2.09. The number of ether oxygens (including phenoxy) is 1. The first-order valence-electron chi connectivity index (χ1n) is 14.6. The maximum absolute atomic E-state index is 6.62. The van der Waals surface area contributed by atoms with E-state index >= 15 is 0 Å². The van der Waals surface area contributed by atoms with E-state index < -0.39 is 0 Å². The highest BCUT2D eigenvalue weighted by molar-refractivity contribution is 7.13. The van der Waals surface area contributed by atoms with E-state index in [0.29, 0.717) is 0 Å². The molecular formula is C36H27BN4O+2. The van der Waals surface area contributed by atoms with E-state index in [0.717, 1.165) is 46.3 Å². The number of aryl methyl sites for hydroxylation is 1. The average molecular weight is 542 g/mol. The van der Waals surface area contributed by atoms with E-state index in [1.807, 2.05) is 24.4 Å². The number of aliphatic imine (C=N–C) groups is 1. The van der Waals surface area contributed by atoms with Crippen molar-refractivity contribution < 1.29 is 13.9 Å². The third kappa shape index (κ3) is 3.06. The molecule has 6 heterocycles. The van der Waals surface area contributed by atoms with Crippen molar-refractivity contribution in [3.05, 3.63) is 115 Å². The second-order valence-electron chi connectivity index (χ2n) is 11.2. The van der Waals surface area contributed by atoms with Crippen LogP contribution in [0.25, 0.3) is 50.6 Å². The molecule has 6 heteroatoms. The summed E-state index contributed by atoms with van der Waals surface area (Å²) in [4.78, 5) is 5.46. The Morgan fingerprint density at radius 2 is 1.71 bits per heavy atom. The van der Waals surface area contributed by atoms with Crippen molar-refractivity contribution in [3.63, 3.8) is 0 Å². The predicted octanol–water partition coefficient (Wildman–Crippen LogP) is 5.51. The highest BCUT2D eigenvalue weighted by Crippen LogP contribution is 2.39. The summed E-state index contributed by atoms with van der Waals surface area (Å²) in [6, 6.07) is 32.4. The van der Waals surface area contributed by atoms with Crippen LogP contribution < -0.4 is 24.8 Å². The fraction of sp³-hybridized carbons (Fsp3) is 0.0833. The van der Waals surface area contributed by atoms with Gasteiger partial charge in [0.15, 0.2) is 6.20 Å². The van der Waals surface area contributed by atoms with Crippen LogP contribution in [0.2, 0.25) is 0 Å². The van der Waals surface area contributed by atoms with Crippen molar-refractivity contribution in [1.29, 1.82) is 0 Å². The number of para-hydroxylation sites is 1. The molecule has 5 nitrogen and oxygen atoms in total. The van der Waals surface area contributed by atoms with Crippen LogP contribution in [0.5, 0.6) is 11.8 Å². The van der Waals surface area contributed by atoms with Gasteiger partial charge < -0.3 is 4.74 Å². The Morgan fingerprint density at radius 1 is 0.857 bits per heavy atom. The standard InChI is InChI=1S/C36H27BN4O/c1-3-4-15-31-37-27-13-7-5-11-23(27)25-17-19-30-34(35(25)37)28(38-31)22-40-21-10-9-16-33(40)42-32-20-18-26-24-12-6-8-14-29(24)41(30)36(26)39(32)2/h4-22H,3H2,1-2H3/q+2. The molecule has 3 aromatic heterocycles. The van der Waals surface area contributed by atoms with E-state index in [9.17, 15) is 0 Å². The molecular weight excluding hydrogens is 515 g/mol. The average Bonchev–Trinajstić information content (AvgIpc) is 3.54. The van der Waals surface area contributed by atoms with Crippen LogP contribution in [-0.4, -0.2) is 16.9 Å². The third-order valence-electron chi connectivity index (χ3n) is 8.89. The maximum Gasteiger partial charge on any atom is 0.381 e. The first kappa shape index (κ1) is 23.5. The van der Waals surface area contributed by atoms with Crippen molar-refractivity contribution in [2.45, 2.75) is 13.3 Å². The van der Waals surface area contributed by atoms with Crippen molar-refractivity contribution in [1.82, 2.24) is 4.57 Å². The monoisotopic (exact) mass is 542 g/mol.